The molecule has 0 radical (unpaired) electrons. The quantitative estimate of drug-likeness (QED) is 0.671. The van der Waals surface area contributed by atoms with Crippen molar-refractivity contribution in [3.05, 3.63) is 41.1 Å². The number of hydrogen-bond acceptors (Lipinski definition) is 4. The average molecular weight is 367 g/mol. The number of aliphatic hydroxyl groups excluding tert-OH is 1. The minimum atomic E-state index is -0.163. The highest BCUT2D eigenvalue weighted by molar-refractivity contribution is 7.80. The number of rotatable bonds is 6. The van der Waals surface area contributed by atoms with Gasteiger partial charge in [0.25, 0.3) is 0 Å². The van der Waals surface area contributed by atoms with Crippen LogP contribution in [0.4, 0.5) is 5.69 Å². The van der Waals surface area contributed by atoms with E-state index in [0.717, 1.165) is 12.8 Å². The third-order valence-corrected chi connectivity index (χ3v) is 3.84. The van der Waals surface area contributed by atoms with Crippen molar-refractivity contribution in [2.24, 2.45) is 0 Å². The lowest BCUT2D eigenvalue weighted by atomic mass is 10.1. The van der Waals surface area contributed by atoms with E-state index < -0.39 is 0 Å². The molecule has 24 heavy (non-hydrogen) atoms. The second kappa shape index (κ2) is 8.82. The summed E-state index contributed by atoms with van der Waals surface area (Å²) in [6, 6.07) is 8.71. The number of furan rings is 1. The molecule has 0 saturated heterocycles. The van der Waals surface area contributed by atoms with E-state index in [4.69, 9.17) is 33.3 Å². The molecule has 0 unspecified atom stereocenters. The number of thiocarbonyl (C=S) groups is 1. The number of halogens is 1. The number of aliphatic hydroxyl groups is 1. The van der Waals surface area contributed by atoms with Gasteiger partial charge in [0.05, 0.1) is 5.02 Å². The standard InChI is InChI=1S/C17H19ClN2O3S/c1-2-3-4-16(22)20-17(24)19-11-5-7-13(14(18)9-11)15-8-6-12(10-21)23-15/h5-9,21H,2-4,10H2,1H3,(H2,19,20,22,24). The number of nitrogens with one attached hydrogen (secondary N) is 2. The molecule has 0 aliphatic carbocycles. The molecule has 2 rings (SSSR count). The SMILES string of the molecule is CCCCC(=O)NC(=S)Nc1ccc(-c2ccc(CO)o2)c(Cl)c1. The molecule has 0 aliphatic heterocycles. The van der Waals surface area contributed by atoms with Crippen molar-refractivity contribution < 1.29 is 14.3 Å². The van der Waals surface area contributed by atoms with Crippen LogP contribution in [0.3, 0.4) is 0 Å². The maximum absolute atomic E-state index is 11.6. The van der Waals surface area contributed by atoms with E-state index in [-0.39, 0.29) is 17.6 Å². The molecule has 3 N–H and O–H groups in total. The van der Waals surface area contributed by atoms with Gasteiger partial charge in [-0.05, 0) is 49.0 Å². The summed E-state index contributed by atoms with van der Waals surface area (Å²) in [6.45, 7) is 1.86. The summed E-state index contributed by atoms with van der Waals surface area (Å²) in [5, 5.41) is 15.3. The normalized spacial score (nSPS) is 10.5. The van der Waals surface area contributed by atoms with E-state index in [1.54, 1.807) is 30.3 Å². The van der Waals surface area contributed by atoms with Crippen molar-refractivity contribution in [1.29, 1.82) is 0 Å². The molecule has 7 heteroatoms. The monoisotopic (exact) mass is 366 g/mol. The highest BCUT2D eigenvalue weighted by Crippen LogP contribution is 2.31. The van der Waals surface area contributed by atoms with E-state index in [1.165, 1.54) is 0 Å². The zero-order valence-electron chi connectivity index (χ0n) is 13.3. The molecule has 1 aromatic heterocycles. The fourth-order valence-electron chi connectivity index (χ4n) is 2.09. The number of amides is 1. The molecule has 128 valence electrons. The van der Waals surface area contributed by atoms with Gasteiger partial charge in [0.1, 0.15) is 18.1 Å². The lowest BCUT2D eigenvalue weighted by Gasteiger charge is -2.11. The number of hydrogen-bond donors (Lipinski definition) is 3. The third-order valence-electron chi connectivity index (χ3n) is 3.32. The van der Waals surface area contributed by atoms with Crippen LogP contribution >= 0.6 is 23.8 Å². The van der Waals surface area contributed by atoms with Crippen LogP contribution < -0.4 is 10.6 Å². The van der Waals surface area contributed by atoms with Crippen LogP contribution in [0.5, 0.6) is 0 Å². The van der Waals surface area contributed by atoms with Crippen LogP contribution in [-0.4, -0.2) is 16.1 Å². The Morgan fingerprint density at radius 1 is 1.33 bits per heavy atom. The smallest absolute Gasteiger partial charge is 0.226 e. The summed E-state index contributed by atoms with van der Waals surface area (Å²) >= 11 is 11.4. The van der Waals surface area contributed by atoms with Crippen molar-refractivity contribution in [2.45, 2.75) is 32.8 Å². The summed E-state index contributed by atoms with van der Waals surface area (Å²) in [7, 11) is 0. The van der Waals surface area contributed by atoms with E-state index in [1.807, 2.05) is 6.92 Å². The number of carbonyl (C=O) groups is 1. The van der Waals surface area contributed by atoms with Crippen molar-refractivity contribution in [3.8, 4) is 11.3 Å². The average Bonchev–Trinajstić information content (AvgIpc) is 3.01. The largest absolute Gasteiger partial charge is 0.459 e. The van der Waals surface area contributed by atoms with Gasteiger partial charge in [-0.3, -0.25) is 4.79 Å². The summed E-state index contributed by atoms with van der Waals surface area (Å²) in [6.07, 6.45) is 2.23. The molecule has 1 aromatic carbocycles. The summed E-state index contributed by atoms with van der Waals surface area (Å²) in [4.78, 5) is 11.6. The molecule has 0 bridgehead atoms. The topological polar surface area (TPSA) is 74.5 Å². The van der Waals surface area contributed by atoms with E-state index in [2.05, 4.69) is 10.6 Å². The lowest BCUT2D eigenvalue weighted by Crippen LogP contribution is -2.33. The van der Waals surface area contributed by atoms with Crippen LogP contribution in [0.1, 0.15) is 31.9 Å². The highest BCUT2D eigenvalue weighted by Gasteiger charge is 2.10. The van der Waals surface area contributed by atoms with Gasteiger partial charge in [0.2, 0.25) is 5.91 Å². The molecular formula is C17H19ClN2O3S. The minimum Gasteiger partial charge on any atom is -0.459 e. The Kier molecular flexibility index (Phi) is 6.78. The van der Waals surface area contributed by atoms with E-state index in [0.29, 0.717) is 34.2 Å². The van der Waals surface area contributed by atoms with Gasteiger partial charge in [-0.25, -0.2) is 0 Å². The van der Waals surface area contributed by atoms with Crippen LogP contribution in [0.2, 0.25) is 5.02 Å². The maximum atomic E-state index is 11.6. The Morgan fingerprint density at radius 2 is 2.12 bits per heavy atom. The van der Waals surface area contributed by atoms with E-state index >= 15 is 0 Å². The predicted molar refractivity (Wildman–Crippen MR) is 99.0 cm³/mol. The molecular weight excluding hydrogens is 348 g/mol. The predicted octanol–water partition coefficient (Wildman–Crippen LogP) is 4.10. The Balaban J connectivity index is 2.01. The number of carbonyl (C=O) groups excluding carboxylic acids is 1. The molecule has 0 atom stereocenters. The summed E-state index contributed by atoms with van der Waals surface area (Å²) in [5.41, 5.74) is 1.37. The van der Waals surface area contributed by atoms with Crippen molar-refractivity contribution in [3.63, 3.8) is 0 Å². The molecule has 0 aliphatic rings. The second-order valence-electron chi connectivity index (χ2n) is 5.22. The van der Waals surface area contributed by atoms with Crippen LogP contribution in [0.15, 0.2) is 34.7 Å². The molecule has 0 spiro atoms. The van der Waals surface area contributed by atoms with Gasteiger partial charge < -0.3 is 20.2 Å². The molecule has 1 heterocycles. The van der Waals surface area contributed by atoms with E-state index in [9.17, 15) is 4.79 Å². The summed E-state index contributed by atoms with van der Waals surface area (Å²) in [5.74, 6) is 0.939. The van der Waals surface area contributed by atoms with Crippen molar-refractivity contribution >= 4 is 40.5 Å². The molecule has 0 fully saturated rings. The molecule has 5 nitrogen and oxygen atoms in total. The Labute approximate surface area is 151 Å². The molecule has 1 amide bonds. The van der Waals surface area contributed by atoms with Crippen molar-refractivity contribution in [2.75, 3.05) is 5.32 Å². The van der Waals surface area contributed by atoms with Gasteiger partial charge in [-0.2, -0.15) is 0 Å². The lowest BCUT2D eigenvalue weighted by molar-refractivity contribution is -0.119. The summed E-state index contributed by atoms with van der Waals surface area (Å²) < 4.78 is 5.47. The number of benzene rings is 1. The van der Waals surface area contributed by atoms with Crippen LogP contribution in [-0.2, 0) is 11.4 Å². The first-order valence-electron chi connectivity index (χ1n) is 7.63. The Morgan fingerprint density at radius 3 is 2.75 bits per heavy atom. The Hall–Kier alpha value is -1.89. The Bertz CT molecular complexity index is 730. The third kappa shape index (κ3) is 5.06. The van der Waals surface area contributed by atoms with Gasteiger partial charge in [-0.15, -0.1) is 0 Å². The van der Waals surface area contributed by atoms with Gasteiger partial charge in [-0.1, -0.05) is 24.9 Å². The maximum Gasteiger partial charge on any atom is 0.226 e. The number of anilines is 1. The zero-order chi connectivity index (χ0) is 17.5. The fraction of sp³-hybridized carbons (Fsp3) is 0.294. The first kappa shape index (κ1) is 18.4. The number of unbranched alkanes of at least 4 members (excludes halogenated alkanes) is 1. The fourth-order valence-corrected chi connectivity index (χ4v) is 2.59. The van der Waals surface area contributed by atoms with Gasteiger partial charge >= 0.3 is 0 Å². The van der Waals surface area contributed by atoms with Crippen LogP contribution in [0.25, 0.3) is 11.3 Å². The first-order chi connectivity index (χ1) is 11.5. The highest BCUT2D eigenvalue weighted by atomic mass is 35.5. The zero-order valence-corrected chi connectivity index (χ0v) is 14.8. The molecule has 2 aromatic rings. The molecule has 0 saturated carbocycles. The first-order valence-corrected chi connectivity index (χ1v) is 8.42. The second-order valence-corrected chi connectivity index (χ2v) is 6.04. The van der Waals surface area contributed by atoms with Gasteiger partial charge in [0.15, 0.2) is 5.11 Å². The minimum absolute atomic E-state index is 0.107. The van der Waals surface area contributed by atoms with Gasteiger partial charge in [0, 0.05) is 17.7 Å². The van der Waals surface area contributed by atoms with Crippen LogP contribution in [0, 0.1) is 0 Å². The van der Waals surface area contributed by atoms with Crippen molar-refractivity contribution in [1.82, 2.24) is 5.32 Å².